The Bertz CT molecular complexity index is 64.0. The van der Waals surface area contributed by atoms with E-state index in [0.717, 1.165) is 0 Å². The van der Waals surface area contributed by atoms with Gasteiger partial charge < -0.3 is 4.98 Å². The monoisotopic (exact) mass is 95.0 g/mol. The molecule has 0 aliphatic carbocycles. The molecule has 0 saturated carbocycles. The number of hydrogen-bond donors (Lipinski definition) is 1. The Kier molecular flexibility index (Phi) is 2.49. The Morgan fingerprint density at radius 1 is 1.00 bits per heavy atom. The minimum absolute atomic E-state index is 0. The van der Waals surface area contributed by atoms with Crippen molar-refractivity contribution in [2.24, 2.45) is 0 Å². The highest BCUT2D eigenvalue weighted by atomic mass is 28.1. The molecule has 0 unspecified atom stereocenters. The Labute approximate surface area is 41.4 Å². The molecule has 0 spiro atoms. The van der Waals surface area contributed by atoms with Gasteiger partial charge in [-0.05, 0) is 12.1 Å². The van der Waals surface area contributed by atoms with E-state index in [4.69, 9.17) is 0 Å². The van der Waals surface area contributed by atoms with Crippen LogP contribution in [0, 0.1) is 0 Å². The van der Waals surface area contributed by atoms with E-state index in [1.807, 2.05) is 24.5 Å². The van der Waals surface area contributed by atoms with Gasteiger partial charge in [0, 0.05) is 23.4 Å². The molecule has 0 amide bonds. The van der Waals surface area contributed by atoms with Gasteiger partial charge in [0.2, 0.25) is 0 Å². The molecule has 0 aromatic carbocycles. The third-order valence-electron chi connectivity index (χ3n) is 0.496. The summed E-state index contributed by atoms with van der Waals surface area (Å²) in [4.78, 5) is 2.86. The standard InChI is InChI=1S/C4H5N.Si/c1-2-4-5-3-1;/h1-5H;. The Morgan fingerprint density at radius 3 is 1.67 bits per heavy atom. The minimum atomic E-state index is 0. The maximum atomic E-state index is 2.86. The summed E-state index contributed by atoms with van der Waals surface area (Å²) in [6.45, 7) is 0. The van der Waals surface area contributed by atoms with Gasteiger partial charge in [0.25, 0.3) is 0 Å². The number of rotatable bonds is 0. The number of aromatic nitrogens is 1. The van der Waals surface area contributed by atoms with Crippen molar-refractivity contribution >= 4 is 11.0 Å². The van der Waals surface area contributed by atoms with Crippen molar-refractivity contribution in [1.29, 1.82) is 0 Å². The largest absolute Gasteiger partial charge is 0.368 e. The van der Waals surface area contributed by atoms with Gasteiger partial charge in [0.15, 0.2) is 0 Å². The molecule has 1 N–H and O–H groups in total. The maximum Gasteiger partial charge on any atom is 0.000496 e. The fourth-order valence-corrected chi connectivity index (χ4v) is 0.278. The highest BCUT2D eigenvalue weighted by molar-refractivity contribution is 5.75. The number of H-pyrrole nitrogens is 1. The van der Waals surface area contributed by atoms with Crippen LogP contribution in [0.2, 0.25) is 0 Å². The zero-order valence-corrected chi connectivity index (χ0v) is 4.31. The highest BCUT2D eigenvalue weighted by Crippen LogP contribution is 1.72. The van der Waals surface area contributed by atoms with Gasteiger partial charge in [-0.3, -0.25) is 0 Å². The van der Waals surface area contributed by atoms with Crippen LogP contribution in [-0.4, -0.2) is 15.9 Å². The number of nitrogens with one attached hydrogen (secondary N) is 1. The third kappa shape index (κ3) is 1.08. The van der Waals surface area contributed by atoms with Crippen molar-refractivity contribution in [3.63, 3.8) is 0 Å². The maximum absolute atomic E-state index is 2.86. The molecule has 2 heteroatoms. The van der Waals surface area contributed by atoms with Gasteiger partial charge in [-0.15, -0.1) is 0 Å². The van der Waals surface area contributed by atoms with Crippen molar-refractivity contribution in [1.82, 2.24) is 4.98 Å². The van der Waals surface area contributed by atoms with Gasteiger partial charge in [0.1, 0.15) is 0 Å². The van der Waals surface area contributed by atoms with Crippen LogP contribution in [-0.2, 0) is 0 Å². The molecule has 0 bridgehead atoms. The van der Waals surface area contributed by atoms with Crippen LogP contribution in [0.3, 0.4) is 0 Å². The van der Waals surface area contributed by atoms with Crippen LogP contribution in [0.4, 0.5) is 0 Å². The SMILES string of the molecule is [Si].c1cc[nH]c1. The van der Waals surface area contributed by atoms with Crippen LogP contribution in [0.1, 0.15) is 0 Å². The smallest absolute Gasteiger partial charge is 0.000496 e. The molecule has 30 valence electrons. The summed E-state index contributed by atoms with van der Waals surface area (Å²) < 4.78 is 0. The van der Waals surface area contributed by atoms with E-state index in [0.29, 0.717) is 0 Å². The normalized spacial score (nSPS) is 6.67. The van der Waals surface area contributed by atoms with Crippen molar-refractivity contribution in [2.45, 2.75) is 0 Å². The molecule has 1 heterocycles. The number of hydrogen-bond acceptors (Lipinski definition) is 0. The fourth-order valence-electron chi connectivity index (χ4n) is 0.278. The van der Waals surface area contributed by atoms with Gasteiger partial charge >= 0.3 is 0 Å². The molecule has 1 nitrogen and oxygen atoms in total. The zero-order chi connectivity index (χ0) is 3.54. The predicted molar refractivity (Wildman–Crippen MR) is 26.5 cm³/mol. The zero-order valence-electron chi connectivity index (χ0n) is 3.31. The molecule has 1 aromatic rings. The summed E-state index contributed by atoms with van der Waals surface area (Å²) in [7, 11) is 0. The summed E-state index contributed by atoms with van der Waals surface area (Å²) >= 11 is 0. The molecule has 0 aliphatic heterocycles. The summed E-state index contributed by atoms with van der Waals surface area (Å²) in [6, 6.07) is 3.89. The summed E-state index contributed by atoms with van der Waals surface area (Å²) in [6.07, 6.45) is 3.75. The molecule has 1 aromatic heterocycles. The summed E-state index contributed by atoms with van der Waals surface area (Å²) in [5.74, 6) is 0. The Balaban J connectivity index is 0.000000250. The number of aromatic amines is 1. The summed E-state index contributed by atoms with van der Waals surface area (Å²) in [5.41, 5.74) is 0. The first-order chi connectivity index (χ1) is 2.50. The van der Waals surface area contributed by atoms with Crippen molar-refractivity contribution in [3.05, 3.63) is 24.5 Å². The molecule has 0 atom stereocenters. The lowest BCUT2D eigenvalue weighted by Gasteiger charge is -1.49. The lowest BCUT2D eigenvalue weighted by Crippen LogP contribution is -1.38. The molecule has 6 heavy (non-hydrogen) atoms. The molecular formula is C4H5NSi. The van der Waals surface area contributed by atoms with E-state index in [2.05, 4.69) is 4.98 Å². The minimum Gasteiger partial charge on any atom is -0.368 e. The van der Waals surface area contributed by atoms with Gasteiger partial charge in [-0.1, -0.05) is 0 Å². The molecular weight excluding hydrogens is 90.1 g/mol. The fraction of sp³-hybridized carbons (Fsp3) is 0. The van der Waals surface area contributed by atoms with Crippen molar-refractivity contribution in [3.8, 4) is 0 Å². The van der Waals surface area contributed by atoms with E-state index in [1.165, 1.54) is 0 Å². The third-order valence-corrected chi connectivity index (χ3v) is 0.496. The van der Waals surface area contributed by atoms with E-state index in [-0.39, 0.29) is 11.0 Å². The van der Waals surface area contributed by atoms with Crippen LogP contribution in [0.25, 0.3) is 0 Å². The van der Waals surface area contributed by atoms with Gasteiger partial charge in [-0.2, -0.15) is 0 Å². The van der Waals surface area contributed by atoms with E-state index in [1.54, 1.807) is 0 Å². The second kappa shape index (κ2) is 2.72. The average molecular weight is 95.2 g/mol. The highest BCUT2D eigenvalue weighted by Gasteiger charge is 1.55. The van der Waals surface area contributed by atoms with Crippen LogP contribution >= 0.6 is 0 Å². The summed E-state index contributed by atoms with van der Waals surface area (Å²) in [5, 5.41) is 0. The van der Waals surface area contributed by atoms with Gasteiger partial charge in [-0.25, -0.2) is 0 Å². The van der Waals surface area contributed by atoms with Gasteiger partial charge in [0.05, 0.1) is 0 Å². The second-order valence-electron chi connectivity index (χ2n) is 0.885. The Hall–Kier alpha value is -0.503. The van der Waals surface area contributed by atoms with Crippen molar-refractivity contribution < 1.29 is 0 Å². The topological polar surface area (TPSA) is 15.8 Å². The van der Waals surface area contributed by atoms with E-state index < -0.39 is 0 Å². The predicted octanol–water partition coefficient (Wildman–Crippen LogP) is 0.634. The molecule has 0 fully saturated rings. The molecule has 1 rings (SSSR count). The first-order valence-corrected chi connectivity index (χ1v) is 1.58. The molecule has 0 saturated heterocycles. The van der Waals surface area contributed by atoms with Crippen LogP contribution in [0.15, 0.2) is 24.5 Å². The quantitative estimate of drug-likeness (QED) is 0.455. The first-order valence-electron chi connectivity index (χ1n) is 1.58. The van der Waals surface area contributed by atoms with Crippen LogP contribution < -0.4 is 0 Å². The van der Waals surface area contributed by atoms with E-state index in [9.17, 15) is 0 Å². The first kappa shape index (κ1) is 5.50. The lowest BCUT2D eigenvalue weighted by atomic mass is 10.7. The lowest BCUT2D eigenvalue weighted by molar-refractivity contribution is 1.42. The van der Waals surface area contributed by atoms with Crippen molar-refractivity contribution in [2.75, 3.05) is 0 Å². The van der Waals surface area contributed by atoms with Crippen LogP contribution in [0.5, 0.6) is 0 Å². The molecule has 0 aliphatic rings. The van der Waals surface area contributed by atoms with E-state index >= 15 is 0 Å². The second-order valence-corrected chi connectivity index (χ2v) is 0.885. The molecule has 4 radical (unpaired) electrons. The Morgan fingerprint density at radius 2 is 1.50 bits per heavy atom. The average Bonchev–Trinajstić information content (AvgIpc) is 1.76.